The molecule has 23 heavy (non-hydrogen) atoms. The van der Waals surface area contributed by atoms with Crippen LogP contribution in [0.3, 0.4) is 0 Å². The van der Waals surface area contributed by atoms with Gasteiger partial charge in [-0.1, -0.05) is 36.8 Å². The van der Waals surface area contributed by atoms with Crippen LogP contribution < -0.4 is 4.74 Å². The molecule has 3 heteroatoms. The van der Waals surface area contributed by atoms with Crippen molar-refractivity contribution in [1.82, 2.24) is 0 Å². The first-order chi connectivity index (χ1) is 11.0. The molecular weight excluding hydrogens is 288 g/mol. The number of aromatic hydroxyl groups is 1. The average Bonchev–Trinajstić information content (AvgIpc) is 2.51. The summed E-state index contributed by atoms with van der Waals surface area (Å²) in [5.41, 5.74) is 2.38. The number of rotatable bonds is 10. The third kappa shape index (κ3) is 8.46. The zero-order chi connectivity index (χ0) is 17.1. The molecule has 0 fully saturated rings. The molecule has 0 aliphatic heterocycles. The number of benzene rings is 1. The van der Waals surface area contributed by atoms with Crippen LogP contribution in [0, 0.1) is 5.92 Å². The largest absolute Gasteiger partial charge is 0.504 e. The Balaban J connectivity index is 2.20. The van der Waals surface area contributed by atoms with Crippen LogP contribution in [0.1, 0.15) is 45.6 Å². The molecule has 0 saturated carbocycles. The fraction of sp³-hybridized carbons (Fsp3) is 0.500. The van der Waals surface area contributed by atoms with E-state index in [0.29, 0.717) is 18.3 Å². The number of phenolic OH excluding ortho intramolecular Hbond substituents is 1. The van der Waals surface area contributed by atoms with Gasteiger partial charge in [0.25, 0.3) is 0 Å². The van der Waals surface area contributed by atoms with Crippen LogP contribution in [0.4, 0.5) is 0 Å². The van der Waals surface area contributed by atoms with E-state index in [4.69, 9.17) is 9.47 Å². The van der Waals surface area contributed by atoms with Gasteiger partial charge in [-0.05, 0) is 56.7 Å². The van der Waals surface area contributed by atoms with Crippen LogP contribution >= 0.6 is 0 Å². The SMILES string of the molecule is COc1cc(/C=C/COCCC(C)CCC=C(C)C)ccc1O. The van der Waals surface area contributed by atoms with Crippen molar-refractivity contribution in [3.05, 3.63) is 41.5 Å². The van der Waals surface area contributed by atoms with Gasteiger partial charge in [0.1, 0.15) is 0 Å². The maximum atomic E-state index is 9.54. The minimum absolute atomic E-state index is 0.156. The molecule has 1 unspecified atom stereocenters. The zero-order valence-corrected chi connectivity index (χ0v) is 14.8. The maximum Gasteiger partial charge on any atom is 0.161 e. The van der Waals surface area contributed by atoms with Crippen LogP contribution in [0.2, 0.25) is 0 Å². The second-order valence-electron chi connectivity index (χ2n) is 6.16. The lowest BCUT2D eigenvalue weighted by atomic mass is 10.0. The normalized spacial score (nSPS) is 12.3. The van der Waals surface area contributed by atoms with E-state index in [1.807, 2.05) is 18.2 Å². The van der Waals surface area contributed by atoms with Gasteiger partial charge in [0.05, 0.1) is 13.7 Å². The summed E-state index contributed by atoms with van der Waals surface area (Å²) in [5.74, 6) is 1.33. The van der Waals surface area contributed by atoms with Gasteiger partial charge < -0.3 is 14.6 Å². The third-order valence-electron chi connectivity index (χ3n) is 3.70. The highest BCUT2D eigenvalue weighted by molar-refractivity contribution is 5.55. The molecule has 1 aromatic rings. The average molecular weight is 318 g/mol. The fourth-order valence-corrected chi connectivity index (χ4v) is 2.22. The lowest BCUT2D eigenvalue weighted by Gasteiger charge is -2.09. The van der Waals surface area contributed by atoms with Gasteiger partial charge in [0.2, 0.25) is 0 Å². The van der Waals surface area contributed by atoms with E-state index in [9.17, 15) is 5.11 Å². The Hall–Kier alpha value is -1.74. The summed E-state index contributed by atoms with van der Waals surface area (Å²) in [5, 5.41) is 9.54. The van der Waals surface area contributed by atoms with E-state index >= 15 is 0 Å². The molecule has 1 atom stereocenters. The molecule has 0 aliphatic carbocycles. The standard InChI is InChI=1S/C20H30O3/c1-16(2)7-5-8-17(3)12-14-23-13-6-9-18-10-11-19(21)20(15-18)22-4/h6-7,9-11,15,17,21H,5,8,12-14H2,1-4H3/b9-6+. The lowest BCUT2D eigenvalue weighted by Crippen LogP contribution is -2.02. The predicted octanol–water partition coefficient (Wildman–Crippen LogP) is 5.20. The second kappa shape index (κ2) is 10.9. The third-order valence-corrected chi connectivity index (χ3v) is 3.70. The molecule has 3 nitrogen and oxygen atoms in total. The van der Waals surface area contributed by atoms with Crippen molar-refractivity contribution in [1.29, 1.82) is 0 Å². The van der Waals surface area contributed by atoms with E-state index in [-0.39, 0.29) is 5.75 Å². The van der Waals surface area contributed by atoms with E-state index < -0.39 is 0 Å². The number of methoxy groups -OCH3 is 1. The Morgan fingerprint density at radius 3 is 2.74 bits per heavy atom. The Bertz CT molecular complexity index is 514. The summed E-state index contributed by atoms with van der Waals surface area (Å²) in [6, 6.07) is 5.28. The van der Waals surface area contributed by atoms with Crippen LogP contribution in [0.25, 0.3) is 6.08 Å². The molecule has 0 bridgehead atoms. The molecule has 0 saturated heterocycles. The van der Waals surface area contributed by atoms with Crippen molar-refractivity contribution >= 4 is 6.08 Å². The van der Waals surface area contributed by atoms with Gasteiger partial charge in [-0.25, -0.2) is 0 Å². The summed E-state index contributed by atoms with van der Waals surface area (Å²) in [6.45, 7) is 7.96. The highest BCUT2D eigenvalue weighted by Gasteiger charge is 2.01. The highest BCUT2D eigenvalue weighted by Crippen LogP contribution is 2.26. The molecule has 0 aromatic heterocycles. The summed E-state index contributed by atoms with van der Waals surface area (Å²) >= 11 is 0. The molecular formula is C20H30O3. The minimum atomic E-state index is 0.156. The molecule has 1 N–H and O–H groups in total. The molecule has 0 amide bonds. The Morgan fingerprint density at radius 2 is 2.04 bits per heavy atom. The first-order valence-electron chi connectivity index (χ1n) is 8.27. The van der Waals surface area contributed by atoms with E-state index in [0.717, 1.165) is 25.0 Å². The summed E-state index contributed by atoms with van der Waals surface area (Å²) in [7, 11) is 1.55. The number of hydrogen-bond donors (Lipinski definition) is 1. The van der Waals surface area contributed by atoms with Crippen LogP contribution in [0.5, 0.6) is 11.5 Å². The highest BCUT2D eigenvalue weighted by atomic mass is 16.5. The first-order valence-corrected chi connectivity index (χ1v) is 8.27. The lowest BCUT2D eigenvalue weighted by molar-refractivity contribution is 0.146. The van der Waals surface area contributed by atoms with Gasteiger partial charge in [-0.3, -0.25) is 0 Å². The van der Waals surface area contributed by atoms with Crippen LogP contribution in [-0.2, 0) is 4.74 Å². The van der Waals surface area contributed by atoms with Crippen molar-refractivity contribution in [2.45, 2.75) is 40.0 Å². The number of ether oxygens (including phenoxy) is 2. The van der Waals surface area contributed by atoms with E-state index in [1.54, 1.807) is 19.2 Å². The maximum absolute atomic E-state index is 9.54. The molecule has 1 aromatic carbocycles. The fourth-order valence-electron chi connectivity index (χ4n) is 2.22. The molecule has 128 valence electrons. The zero-order valence-electron chi connectivity index (χ0n) is 14.8. The predicted molar refractivity (Wildman–Crippen MR) is 97.0 cm³/mol. The van der Waals surface area contributed by atoms with Crippen LogP contribution in [0.15, 0.2) is 35.9 Å². The van der Waals surface area contributed by atoms with Crippen molar-refractivity contribution in [3.8, 4) is 11.5 Å². The Morgan fingerprint density at radius 1 is 1.26 bits per heavy atom. The van der Waals surface area contributed by atoms with Gasteiger partial charge in [0.15, 0.2) is 11.5 Å². The second-order valence-corrected chi connectivity index (χ2v) is 6.16. The first kappa shape index (κ1) is 19.3. The van der Waals surface area contributed by atoms with Crippen LogP contribution in [-0.4, -0.2) is 25.4 Å². The smallest absolute Gasteiger partial charge is 0.161 e. The quantitative estimate of drug-likeness (QED) is 0.476. The Labute approximate surface area is 140 Å². The summed E-state index contributed by atoms with van der Waals surface area (Å²) < 4.78 is 10.7. The van der Waals surface area contributed by atoms with Crippen molar-refractivity contribution in [2.24, 2.45) is 5.92 Å². The van der Waals surface area contributed by atoms with Gasteiger partial charge in [-0.2, -0.15) is 0 Å². The van der Waals surface area contributed by atoms with Crippen molar-refractivity contribution in [3.63, 3.8) is 0 Å². The van der Waals surface area contributed by atoms with E-state index in [1.165, 1.54) is 12.0 Å². The number of phenols is 1. The molecule has 1 rings (SSSR count). The minimum Gasteiger partial charge on any atom is -0.504 e. The summed E-state index contributed by atoms with van der Waals surface area (Å²) in [6.07, 6.45) is 9.73. The van der Waals surface area contributed by atoms with Crippen molar-refractivity contribution < 1.29 is 14.6 Å². The monoisotopic (exact) mass is 318 g/mol. The van der Waals surface area contributed by atoms with Gasteiger partial charge >= 0.3 is 0 Å². The topological polar surface area (TPSA) is 38.7 Å². The number of hydrogen-bond acceptors (Lipinski definition) is 3. The van der Waals surface area contributed by atoms with Crippen molar-refractivity contribution in [2.75, 3.05) is 20.3 Å². The van der Waals surface area contributed by atoms with Gasteiger partial charge in [-0.15, -0.1) is 0 Å². The molecule has 0 heterocycles. The molecule has 0 aliphatic rings. The van der Waals surface area contributed by atoms with E-state index in [2.05, 4.69) is 26.8 Å². The Kier molecular flexibility index (Phi) is 9.15. The molecule has 0 radical (unpaired) electrons. The number of allylic oxidation sites excluding steroid dienone is 2. The molecule has 0 spiro atoms. The van der Waals surface area contributed by atoms with Gasteiger partial charge in [0, 0.05) is 6.61 Å². The summed E-state index contributed by atoms with van der Waals surface area (Å²) in [4.78, 5) is 0.